The van der Waals surface area contributed by atoms with Gasteiger partial charge in [0.15, 0.2) is 0 Å². The molecule has 0 aliphatic carbocycles. The van der Waals surface area contributed by atoms with Gasteiger partial charge in [-0.1, -0.05) is 13.8 Å². The maximum atomic E-state index is 12.4. The number of piperidine rings is 1. The molecule has 1 amide bonds. The molecule has 2 aliphatic heterocycles. The normalized spacial score (nSPS) is 25.7. The van der Waals surface area contributed by atoms with E-state index in [1.54, 1.807) is 12.4 Å². The van der Waals surface area contributed by atoms with Crippen molar-refractivity contribution in [3.05, 3.63) is 18.5 Å². The summed E-state index contributed by atoms with van der Waals surface area (Å²) in [5.41, 5.74) is -0.0154. The maximum absolute atomic E-state index is 12.4. The molecule has 23 heavy (non-hydrogen) atoms. The van der Waals surface area contributed by atoms with Crippen molar-refractivity contribution in [1.29, 1.82) is 0 Å². The Labute approximate surface area is 137 Å². The fourth-order valence-electron chi connectivity index (χ4n) is 3.63. The van der Waals surface area contributed by atoms with Crippen molar-refractivity contribution in [2.24, 2.45) is 11.3 Å². The van der Waals surface area contributed by atoms with Crippen molar-refractivity contribution in [3.63, 3.8) is 0 Å². The minimum atomic E-state index is -0.0154. The van der Waals surface area contributed by atoms with E-state index in [0.29, 0.717) is 13.2 Å². The minimum Gasteiger partial charge on any atom is -0.379 e. The van der Waals surface area contributed by atoms with Crippen LogP contribution < -0.4 is 4.90 Å². The lowest BCUT2D eigenvalue weighted by Gasteiger charge is -2.44. The predicted molar refractivity (Wildman–Crippen MR) is 88.1 cm³/mol. The Bertz CT molecular complexity index is 537. The molecule has 0 bridgehead atoms. The first-order valence-electron chi connectivity index (χ1n) is 8.48. The van der Waals surface area contributed by atoms with E-state index in [2.05, 4.69) is 14.9 Å². The van der Waals surface area contributed by atoms with Crippen LogP contribution in [0.1, 0.15) is 26.7 Å². The average Bonchev–Trinajstić information content (AvgIpc) is 2.77. The zero-order valence-electron chi connectivity index (χ0n) is 14.1. The van der Waals surface area contributed by atoms with Crippen molar-refractivity contribution < 1.29 is 9.53 Å². The van der Waals surface area contributed by atoms with Crippen molar-refractivity contribution in [3.8, 4) is 0 Å². The van der Waals surface area contributed by atoms with Crippen molar-refractivity contribution in [2.75, 3.05) is 44.3 Å². The molecule has 6 heteroatoms. The molecular formula is C17H26N4O2. The molecule has 2 fully saturated rings. The summed E-state index contributed by atoms with van der Waals surface area (Å²) in [6.45, 7) is 8.60. The smallest absolute Gasteiger partial charge is 0.225 e. The largest absolute Gasteiger partial charge is 0.379 e. The minimum absolute atomic E-state index is 0.0154. The van der Waals surface area contributed by atoms with Gasteiger partial charge in [-0.3, -0.25) is 4.79 Å². The number of rotatable bonds is 2. The number of ether oxygens (including phenoxy) is 1. The first-order valence-corrected chi connectivity index (χ1v) is 8.48. The Morgan fingerprint density at radius 3 is 2.78 bits per heavy atom. The van der Waals surface area contributed by atoms with E-state index in [0.717, 1.165) is 45.0 Å². The Hall–Kier alpha value is -1.69. The molecule has 3 heterocycles. The fraction of sp³-hybridized carbons (Fsp3) is 0.706. The Morgan fingerprint density at radius 2 is 2.04 bits per heavy atom. The molecule has 2 saturated heterocycles. The van der Waals surface area contributed by atoms with Crippen LogP contribution in [0, 0.1) is 11.3 Å². The number of carbonyl (C=O) groups is 1. The highest BCUT2D eigenvalue weighted by atomic mass is 16.5. The number of hydrogen-bond donors (Lipinski definition) is 0. The molecule has 6 nitrogen and oxygen atoms in total. The van der Waals surface area contributed by atoms with Gasteiger partial charge in [-0.25, -0.2) is 9.97 Å². The monoisotopic (exact) mass is 318 g/mol. The van der Waals surface area contributed by atoms with Crippen LogP contribution in [-0.4, -0.2) is 60.2 Å². The molecule has 1 spiro atoms. The lowest BCUT2D eigenvalue weighted by Crippen LogP contribution is -2.53. The number of hydrogen-bond acceptors (Lipinski definition) is 5. The van der Waals surface area contributed by atoms with Gasteiger partial charge in [-0.05, 0) is 18.9 Å². The van der Waals surface area contributed by atoms with E-state index >= 15 is 0 Å². The van der Waals surface area contributed by atoms with E-state index in [1.165, 1.54) is 0 Å². The second kappa shape index (κ2) is 6.83. The second-order valence-electron chi connectivity index (χ2n) is 7.04. The van der Waals surface area contributed by atoms with Crippen LogP contribution in [0.2, 0.25) is 0 Å². The molecule has 1 aromatic heterocycles. The third-order valence-electron chi connectivity index (χ3n) is 4.74. The topological polar surface area (TPSA) is 58.6 Å². The Morgan fingerprint density at radius 1 is 1.26 bits per heavy atom. The van der Waals surface area contributed by atoms with Gasteiger partial charge in [0.25, 0.3) is 0 Å². The summed E-state index contributed by atoms with van der Waals surface area (Å²) in [5.74, 6) is 1.05. The SMILES string of the molecule is CC(C)C(=O)N1CCCC2(COCCN(c3ncccn3)C2)C1. The first-order chi connectivity index (χ1) is 11.1. The van der Waals surface area contributed by atoms with Crippen LogP contribution in [0.5, 0.6) is 0 Å². The first kappa shape index (κ1) is 16.2. The van der Waals surface area contributed by atoms with Gasteiger partial charge in [0.1, 0.15) is 0 Å². The zero-order valence-corrected chi connectivity index (χ0v) is 14.1. The lowest BCUT2D eigenvalue weighted by molar-refractivity contribution is -0.138. The number of amides is 1. The highest BCUT2D eigenvalue weighted by Crippen LogP contribution is 2.34. The maximum Gasteiger partial charge on any atom is 0.225 e. The van der Waals surface area contributed by atoms with Crippen molar-refractivity contribution in [2.45, 2.75) is 26.7 Å². The molecule has 0 aromatic carbocycles. The number of aromatic nitrogens is 2. The van der Waals surface area contributed by atoms with Gasteiger partial charge in [0.2, 0.25) is 11.9 Å². The summed E-state index contributed by atoms with van der Waals surface area (Å²) in [5, 5.41) is 0. The summed E-state index contributed by atoms with van der Waals surface area (Å²) in [6, 6.07) is 1.83. The molecule has 3 rings (SSSR count). The van der Waals surface area contributed by atoms with Gasteiger partial charge >= 0.3 is 0 Å². The van der Waals surface area contributed by atoms with E-state index in [-0.39, 0.29) is 17.2 Å². The van der Waals surface area contributed by atoms with Crippen LogP contribution >= 0.6 is 0 Å². The summed E-state index contributed by atoms with van der Waals surface area (Å²) in [7, 11) is 0. The van der Waals surface area contributed by atoms with Crippen molar-refractivity contribution in [1.82, 2.24) is 14.9 Å². The van der Waals surface area contributed by atoms with Gasteiger partial charge in [-0.15, -0.1) is 0 Å². The van der Waals surface area contributed by atoms with Gasteiger partial charge in [0, 0.05) is 49.9 Å². The van der Waals surface area contributed by atoms with E-state index < -0.39 is 0 Å². The van der Waals surface area contributed by atoms with Gasteiger partial charge in [0.05, 0.1) is 13.2 Å². The highest BCUT2D eigenvalue weighted by molar-refractivity contribution is 5.78. The molecule has 126 valence electrons. The average molecular weight is 318 g/mol. The standard InChI is InChI=1S/C17H26N4O2/c1-14(2)15(22)20-8-3-5-17(11-20)12-21(9-10-23-13-17)16-18-6-4-7-19-16/h4,6-7,14H,3,5,8-13H2,1-2H3. The zero-order chi connectivity index (χ0) is 16.3. The van der Waals surface area contributed by atoms with Crippen LogP contribution in [0.15, 0.2) is 18.5 Å². The number of carbonyl (C=O) groups excluding carboxylic acids is 1. The van der Waals surface area contributed by atoms with E-state index in [1.807, 2.05) is 24.8 Å². The molecular weight excluding hydrogens is 292 g/mol. The summed E-state index contributed by atoms with van der Waals surface area (Å²) in [4.78, 5) is 25.4. The fourth-order valence-corrected chi connectivity index (χ4v) is 3.63. The molecule has 1 aromatic rings. The van der Waals surface area contributed by atoms with E-state index in [9.17, 15) is 4.79 Å². The number of nitrogens with zero attached hydrogens (tertiary/aromatic N) is 4. The summed E-state index contributed by atoms with van der Waals surface area (Å²) in [6.07, 6.45) is 5.66. The summed E-state index contributed by atoms with van der Waals surface area (Å²) >= 11 is 0. The molecule has 0 N–H and O–H groups in total. The predicted octanol–water partition coefficient (Wildman–Crippen LogP) is 1.58. The van der Waals surface area contributed by atoms with E-state index in [4.69, 9.17) is 4.74 Å². The summed E-state index contributed by atoms with van der Waals surface area (Å²) < 4.78 is 5.89. The lowest BCUT2D eigenvalue weighted by atomic mass is 9.79. The van der Waals surface area contributed by atoms with Crippen LogP contribution in [0.4, 0.5) is 5.95 Å². The molecule has 2 aliphatic rings. The molecule has 1 unspecified atom stereocenters. The second-order valence-corrected chi connectivity index (χ2v) is 7.04. The highest BCUT2D eigenvalue weighted by Gasteiger charge is 2.41. The third-order valence-corrected chi connectivity index (χ3v) is 4.74. The van der Waals surface area contributed by atoms with Crippen molar-refractivity contribution >= 4 is 11.9 Å². The molecule has 1 atom stereocenters. The van der Waals surface area contributed by atoms with Gasteiger partial charge in [-0.2, -0.15) is 0 Å². The quantitative estimate of drug-likeness (QED) is 0.828. The third kappa shape index (κ3) is 3.63. The molecule has 0 saturated carbocycles. The molecule has 0 radical (unpaired) electrons. The van der Waals surface area contributed by atoms with Gasteiger partial charge < -0.3 is 14.5 Å². The Kier molecular flexibility index (Phi) is 4.80. The van der Waals surface area contributed by atoms with Crippen LogP contribution in [-0.2, 0) is 9.53 Å². The Balaban J connectivity index is 1.77. The van der Waals surface area contributed by atoms with Crippen LogP contribution in [0.25, 0.3) is 0 Å². The number of anilines is 1. The number of likely N-dealkylation sites (tertiary alicyclic amines) is 1. The van der Waals surface area contributed by atoms with Crippen LogP contribution in [0.3, 0.4) is 0 Å².